The predicted molar refractivity (Wildman–Crippen MR) is 259 cm³/mol. The first-order valence-electron chi connectivity index (χ1n) is 23.0. The normalized spacial score (nSPS) is 15.1. The molecule has 0 spiro atoms. The molecule has 2 aliphatic heterocycles. The number of aliphatic imine (C=N–C) groups is 2. The lowest BCUT2D eigenvalue weighted by atomic mass is 10.1. The molecule has 7 rings (SSSR count). The Kier molecular flexibility index (Phi) is 17.8. The van der Waals surface area contributed by atoms with Gasteiger partial charge in [0.15, 0.2) is 5.65 Å². The molecule has 0 bridgehead atoms. The number of aryl methyl sites for hydroxylation is 1. The fraction of sp³-hybridized carbons (Fsp3) is 0.489. The Balaban J connectivity index is 0.698. The van der Waals surface area contributed by atoms with E-state index in [0.29, 0.717) is 105 Å². The number of carbonyl (C=O) groups excluding carboxylic acids is 3. The van der Waals surface area contributed by atoms with Gasteiger partial charge in [0.2, 0.25) is 23.7 Å². The van der Waals surface area contributed by atoms with Gasteiger partial charge in [-0.25, -0.2) is 39.6 Å². The number of amides is 3. The summed E-state index contributed by atoms with van der Waals surface area (Å²) in [7, 11) is 0. The lowest BCUT2D eigenvalue weighted by Crippen LogP contribution is -2.50. The van der Waals surface area contributed by atoms with E-state index in [0.717, 1.165) is 67.7 Å². The maximum Gasteiger partial charge on any atom is 0.254 e. The molecule has 0 unspecified atom stereocenters. The molecule has 0 saturated carbocycles. The third-order valence-corrected chi connectivity index (χ3v) is 11.7. The van der Waals surface area contributed by atoms with Crippen molar-refractivity contribution in [2.45, 2.75) is 39.2 Å². The number of fused-ring (bicyclic) bond motifs is 2. The molecule has 3 amide bonds. The number of nitrogen functional groups attached to an aromatic ring is 1. The second-order valence-corrected chi connectivity index (χ2v) is 16.4. The van der Waals surface area contributed by atoms with Crippen LogP contribution in [0.25, 0.3) is 33.3 Å². The number of unbranched alkanes of at least 4 members (excludes halogenated alkanes) is 1. The number of aromatic amines is 1. The first kappa shape index (κ1) is 49.0. The molecule has 7 N–H and O–H groups in total. The van der Waals surface area contributed by atoms with Crippen LogP contribution in [0, 0.1) is 0 Å². The van der Waals surface area contributed by atoms with Crippen LogP contribution in [0.15, 0.2) is 65.0 Å². The zero-order valence-corrected chi connectivity index (χ0v) is 38.7. The molecule has 2 aliphatic rings. The molecular formula is C45H62N18O5. The highest BCUT2D eigenvalue weighted by Crippen LogP contribution is 2.31. The zero-order chi connectivity index (χ0) is 47.7. The Morgan fingerprint density at radius 2 is 1.63 bits per heavy atom. The number of ether oxygens (including phenoxy) is 2. The summed E-state index contributed by atoms with van der Waals surface area (Å²) in [6.07, 6.45) is 11.8. The zero-order valence-electron chi connectivity index (χ0n) is 38.7. The van der Waals surface area contributed by atoms with Crippen LogP contribution in [-0.2, 0) is 25.6 Å². The Hall–Kier alpha value is -6.95. The van der Waals surface area contributed by atoms with Crippen LogP contribution in [0.4, 0.5) is 11.8 Å². The van der Waals surface area contributed by atoms with Crippen molar-refractivity contribution < 1.29 is 23.9 Å². The van der Waals surface area contributed by atoms with Gasteiger partial charge in [-0.05, 0) is 44.2 Å². The summed E-state index contributed by atoms with van der Waals surface area (Å²) in [5.41, 5.74) is 16.1. The van der Waals surface area contributed by atoms with Crippen LogP contribution in [0.5, 0.6) is 0 Å². The summed E-state index contributed by atoms with van der Waals surface area (Å²) >= 11 is 0. The van der Waals surface area contributed by atoms with Crippen LogP contribution in [0.1, 0.15) is 43.0 Å². The summed E-state index contributed by atoms with van der Waals surface area (Å²) < 4.78 is 13.2. The van der Waals surface area contributed by atoms with E-state index in [1.54, 1.807) is 12.4 Å². The number of H-pyrrole nitrogens is 1. The quantitative estimate of drug-likeness (QED) is 0.0369. The summed E-state index contributed by atoms with van der Waals surface area (Å²) in [6.45, 7) is 15.1. The number of aromatic nitrogens is 8. The lowest BCUT2D eigenvalue weighted by Gasteiger charge is -2.35. The van der Waals surface area contributed by atoms with Crippen molar-refractivity contribution in [3.05, 3.63) is 60.6 Å². The number of carbonyl (C=O) groups is 3. The minimum atomic E-state index is -0.301. The summed E-state index contributed by atoms with van der Waals surface area (Å²) in [4.78, 5) is 79.7. The van der Waals surface area contributed by atoms with Gasteiger partial charge in [-0.2, -0.15) is 5.10 Å². The fourth-order valence-electron chi connectivity index (χ4n) is 7.75. The first-order valence-corrected chi connectivity index (χ1v) is 23.0. The standard InChI is InChI=1S/C45H62N18O5/c1-32(26-46)27-53-44(48-2)61-18-16-60(17-19-61)37(65)7-22-68-24-20-59-12-14-62(15-13-59)45-54-29-35(30-55-45)43(66)51-10-23-67-21-6-36(64)49-8-3-4-11-63-42-38(40(47)56-31-57-42)39(58-63)34-25-33-5-9-50-41(33)52-28-34/h5,9,25,27-31H,2-4,6-8,10-24,26,46H2,1H3,(H,49,64)(H,50,52)(H,51,66)(H2,47,56,57)/b32-27+,53-44?. The number of pyridine rings is 1. The Bertz CT molecular complexity index is 2530. The van der Waals surface area contributed by atoms with Gasteiger partial charge in [0.1, 0.15) is 23.5 Å². The molecule has 5 aromatic heterocycles. The predicted octanol–water partition coefficient (Wildman–Crippen LogP) is 1.07. The molecule has 0 atom stereocenters. The number of anilines is 2. The third kappa shape index (κ3) is 13.4. The number of nitrogens with two attached hydrogens (primary N) is 2. The Morgan fingerprint density at radius 1 is 0.868 bits per heavy atom. The van der Waals surface area contributed by atoms with Gasteiger partial charge in [0, 0.05) is 133 Å². The maximum atomic E-state index is 12.8. The smallest absolute Gasteiger partial charge is 0.254 e. The van der Waals surface area contributed by atoms with Gasteiger partial charge in [-0.15, -0.1) is 0 Å². The minimum absolute atomic E-state index is 0.0783. The summed E-state index contributed by atoms with van der Waals surface area (Å²) in [5.74, 6) is 1.13. The molecule has 2 fully saturated rings. The van der Waals surface area contributed by atoms with E-state index < -0.39 is 0 Å². The number of rotatable bonds is 22. The van der Waals surface area contributed by atoms with Gasteiger partial charge in [0.25, 0.3) is 5.91 Å². The highest BCUT2D eigenvalue weighted by molar-refractivity contribution is 5.99. The molecule has 0 aliphatic carbocycles. The molecule has 0 aromatic carbocycles. The summed E-state index contributed by atoms with van der Waals surface area (Å²) in [6, 6.07) is 3.96. The van der Waals surface area contributed by atoms with Crippen molar-refractivity contribution in [1.82, 2.24) is 65.0 Å². The fourth-order valence-corrected chi connectivity index (χ4v) is 7.75. The van der Waals surface area contributed by atoms with Crippen molar-refractivity contribution in [3.8, 4) is 11.3 Å². The number of guanidine groups is 1. The van der Waals surface area contributed by atoms with Crippen molar-refractivity contribution in [3.63, 3.8) is 0 Å². The van der Waals surface area contributed by atoms with Crippen molar-refractivity contribution in [2.75, 3.05) is 116 Å². The van der Waals surface area contributed by atoms with Crippen LogP contribution < -0.4 is 27.0 Å². The van der Waals surface area contributed by atoms with E-state index >= 15 is 0 Å². The van der Waals surface area contributed by atoms with E-state index in [4.69, 9.17) is 26.0 Å². The van der Waals surface area contributed by atoms with Gasteiger partial charge < -0.3 is 51.3 Å². The van der Waals surface area contributed by atoms with E-state index in [1.165, 1.54) is 18.7 Å². The monoisotopic (exact) mass is 935 g/mol. The molecule has 5 aromatic rings. The number of hydrogen-bond acceptors (Lipinski definition) is 16. The van der Waals surface area contributed by atoms with Gasteiger partial charge in [0.05, 0.1) is 43.8 Å². The van der Waals surface area contributed by atoms with Crippen molar-refractivity contribution in [1.29, 1.82) is 0 Å². The first-order chi connectivity index (χ1) is 33.2. The van der Waals surface area contributed by atoms with Crippen LogP contribution in [0.2, 0.25) is 0 Å². The van der Waals surface area contributed by atoms with Crippen molar-refractivity contribution in [2.24, 2.45) is 15.7 Å². The van der Waals surface area contributed by atoms with Gasteiger partial charge in [-0.3, -0.25) is 19.3 Å². The molecule has 23 heteroatoms. The molecule has 23 nitrogen and oxygen atoms in total. The van der Waals surface area contributed by atoms with E-state index in [2.05, 4.69) is 67.0 Å². The minimum Gasteiger partial charge on any atom is -0.383 e. The number of piperazine rings is 2. The molecule has 2 saturated heterocycles. The second kappa shape index (κ2) is 24.7. The highest BCUT2D eigenvalue weighted by atomic mass is 16.5. The van der Waals surface area contributed by atoms with Gasteiger partial charge in [-0.1, -0.05) is 0 Å². The number of nitrogens with zero attached hydrogens (tertiary/aromatic N) is 13. The highest BCUT2D eigenvalue weighted by Gasteiger charge is 2.24. The van der Waals surface area contributed by atoms with E-state index in [9.17, 15) is 14.4 Å². The number of hydrogen-bond donors (Lipinski definition) is 5. The topological polar surface area (TPSA) is 282 Å². The van der Waals surface area contributed by atoms with Gasteiger partial charge >= 0.3 is 0 Å². The lowest BCUT2D eigenvalue weighted by molar-refractivity contribution is -0.133. The van der Waals surface area contributed by atoms with Crippen LogP contribution >= 0.6 is 0 Å². The maximum absolute atomic E-state index is 12.8. The molecule has 0 radical (unpaired) electrons. The SMILES string of the molecule is C=NC(=N/C=C(\C)CN)N1CCN(C(=O)CCOCCN2CCN(c3ncc(C(=O)NCCOCCC(=O)NCCCCn4nc(-c5cnc6[nH]ccc6c5)c5c(N)ncnc54)cn3)CC2)CC1. The average molecular weight is 935 g/mol. The second-order valence-electron chi connectivity index (χ2n) is 16.4. The molecule has 7 heterocycles. The average Bonchev–Trinajstić information content (AvgIpc) is 4.00. The van der Waals surface area contributed by atoms with E-state index in [-0.39, 0.29) is 43.9 Å². The molecule has 68 heavy (non-hydrogen) atoms. The number of nitrogens with one attached hydrogen (secondary N) is 3. The van der Waals surface area contributed by atoms with Crippen molar-refractivity contribution >= 4 is 64.2 Å². The summed E-state index contributed by atoms with van der Waals surface area (Å²) in [5, 5.41) is 12.2. The third-order valence-electron chi connectivity index (χ3n) is 11.7. The Morgan fingerprint density at radius 3 is 2.41 bits per heavy atom. The Labute approximate surface area is 394 Å². The van der Waals surface area contributed by atoms with E-state index in [1.807, 2.05) is 39.7 Å². The molecule has 362 valence electrons. The molecular weight excluding hydrogens is 873 g/mol. The van der Waals surface area contributed by atoms with Crippen LogP contribution in [0.3, 0.4) is 0 Å². The largest absolute Gasteiger partial charge is 0.383 e. The van der Waals surface area contributed by atoms with Crippen LogP contribution in [-0.4, -0.2) is 190 Å².